The second kappa shape index (κ2) is 3.92. The van der Waals surface area contributed by atoms with Gasteiger partial charge in [0.1, 0.15) is 0 Å². The van der Waals surface area contributed by atoms with Crippen LogP contribution in [0.1, 0.15) is 51.9 Å². The van der Waals surface area contributed by atoms with Crippen LogP contribution in [0, 0.1) is 11.3 Å². The molecule has 0 unspecified atom stereocenters. The van der Waals surface area contributed by atoms with Gasteiger partial charge in [0, 0.05) is 11.8 Å². The van der Waals surface area contributed by atoms with Crippen molar-refractivity contribution in [2.75, 3.05) is 6.61 Å². The number of carbonyl (C=O) groups excluding carboxylic acids is 1. The Hall–Kier alpha value is -0.530. The molecule has 0 spiro atoms. The maximum absolute atomic E-state index is 11.1. The summed E-state index contributed by atoms with van der Waals surface area (Å²) in [5.41, 5.74) is 0.375. The largest absolute Gasteiger partial charge is 0.465 e. The van der Waals surface area contributed by atoms with Crippen molar-refractivity contribution >= 4 is 5.97 Å². The van der Waals surface area contributed by atoms with Crippen LogP contribution in [-0.2, 0) is 9.53 Å². The fraction of sp³-hybridized carbons (Fsp3) is 0.917. The number of carbonyl (C=O) groups is 1. The molecule has 3 saturated carbocycles. The molecule has 3 rings (SSSR count). The summed E-state index contributed by atoms with van der Waals surface area (Å²) >= 11 is 0. The van der Waals surface area contributed by atoms with Crippen LogP contribution < -0.4 is 0 Å². The molecule has 0 amide bonds. The molecule has 0 atom stereocenters. The van der Waals surface area contributed by atoms with Gasteiger partial charge in [0.25, 0.3) is 0 Å². The topological polar surface area (TPSA) is 26.3 Å². The first kappa shape index (κ1) is 10.0. The van der Waals surface area contributed by atoms with Gasteiger partial charge in [-0.3, -0.25) is 4.79 Å². The van der Waals surface area contributed by atoms with Gasteiger partial charge in [0.15, 0.2) is 0 Å². The molecular formula is C12H20O2. The Bertz CT molecular complexity index is 201. The Morgan fingerprint density at radius 1 is 1.29 bits per heavy atom. The van der Waals surface area contributed by atoms with E-state index in [1.807, 2.05) is 6.92 Å². The maximum atomic E-state index is 11.1. The van der Waals surface area contributed by atoms with E-state index in [1.165, 1.54) is 38.5 Å². The zero-order chi connectivity index (χ0) is 10.0. The van der Waals surface area contributed by atoms with Crippen molar-refractivity contribution in [3.8, 4) is 0 Å². The van der Waals surface area contributed by atoms with E-state index in [0.717, 1.165) is 5.92 Å². The number of ether oxygens (including phenoxy) is 1. The second-order valence-electron chi connectivity index (χ2n) is 5.00. The average molecular weight is 196 g/mol. The molecule has 3 aliphatic carbocycles. The number of hydrogen-bond acceptors (Lipinski definition) is 2. The third kappa shape index (κ3) is 1.94. The summed E-state index contributed by atoms with van der Waals surface area (Å²) in [6, 6.07) is 0. The van der Waals surface area contributed by atoms with Crippen LogP contribution in [0.15, 0.2) is 0 Å². The molecule has 2 heteroatoms. The lowest BCUT2D eigenvalue weighted by atomic mass is 9.61. The van der Waals surface area contributed by atoms with Gasteiger partial charge in [-0.25, -0.2) is 0 Å². The zero-order valence-corrected chi connectivity index (χ0v) is 9.05. The molecule has 2 bridgehead atoms. The molecule has 0 heterocycles. The van der Waals surface area contributed by atoms with E-state index in [-0.39, 0.29) is 5.97 Å². The predicted octanol–water partition coefficient (Wildman–Crippen LogP) is 2.91. The van der Waals surface area contributed by atoms with Crippen LogP contribution in [0.2, 0.25) is 0 Å². The molecule has 0 aliphatic heterocycles. The highest BCUT2D eigenvalue weighted by atomic mass is 16.5. The van der Waals surface area contributed by atoms with Crippen molar-refractivity contribution in [3.63, 3.8) is 0 Å². The summed E-state index contributed by atoms with van der Waals surface area (Å²) in [5.74, 6) is 0.950. The van der Waals surface area contributed by atoms with Crippen molar-refractivity contribution in [2.24, 2.45) is 11.3 Å². The SMILES string of the molecule is CCC(=O)OCC12CCC(CC1)CC2. The van der Waals surface area contributed by atoms with Crippen LogP contribution in [0.3, 0.4) is 0 Å². The summed E-state index contributed by atoms with van der Waals surface area (Å²) in [5, 5.41) is 0. The molecule has 0 radical (unpaired) electrons. The lowest BCUT2D eigenvalue weighted by Gasteiger charge is -2.45. The van der Waals surface area contributed by atoms with E-state index in [0.29, 0.717) is 18.4 Å². The first-order valence-corrected chi connectivity index (χ1v) is 5.90. The monoisotopic (exact) mass is 196 g/mol. The molecule has 14 heavy (non-hydrogen) atoms. The fourth-order valence-corrected chi connectivity index (χ4v) is 2.89. The van der Waals surface area contributed by atoms with Gasteiger partial charge >= 0.3 is 5.97 Å². The van der Waals surface area contributed by atoms with Crippen LogP contribution in [-0.4, -0.2) is 12.6 Å². The van der Waals surface area contributed by atoms with Crippen molar-refractivity contribution in [2.45, 2.75) is 51.9 Å². The van der Waals surface area contributed by atoms with E-state index in [1.54, 1.807) is 0 Å². The normalized spacial score (nSPS) is 35.6. The third-order valence-corrected chi connectivity index (χ3v) is 4.08. The van der Waals surface area contributed by atoms with E-state index in [4.69, 9.17) is 4.74 Å². The Morgan fingerprint density at radius 3 is 2.36 bits per heavy atom. The Balaban J connectivity index is 1.86. The second-order valence-corrected chi connectivity index (χ2v) is 5.00. The summed E-state index contributed by atoms with van der Waals surface area (Å²) in [6.07, 6.45) is 8.47. The Kier molecular flexibility index (Phi) is 2.80. The summed E-state index contributed by atoms with van der Waals surface area (Å²) < 4.78 is 5.31. The molecule has 0 N–H and O–H groups in total. The van der Waals surface area contributed by atoms with Crippen molar-refractivity contribution in [1.29, 1.82) is 0 Å². The third-order valence-electron chi connectivity index (χ3n) is 4.08. The quantitative estimate of drug-likeness (QED) is 0.649. The van der Waals surface area contributed by atoms with Crippen molar-refractivity contribution < 1.29 is 9.53 Å². The first-order chi connectivity index (χ1) is 6.74. The minimum absolute atomic E-state index is 0.0351. The van der Waals surface area contributed by atoms with E-state index >= 15 is 0 Å². The number of esters is 1. The molecule has 0 aromatic rings. The maximum Gasteiger partial charge on any atom is 0.305 e. The van der Waals surface area contributed by atoms with Crippen molar-refractivity contribution in [3.05, 3.63) is 0 Å². The van der Waals surface area contributed by atoms with Gasteiger partial charge < -0.3 is 4.74 Å². The van der Waals surface area contributed by atoms with Gasteiger partial charge in [0.05, 0.1) is 6.61 Å². The first-order valence-electron chi connectivity index (χ1n) is 5.90. The lowest BCUT2D eigenvalue weighted by Crippen LogP contribution is -2.38. The molecule has 3 fully saturated rings. The highest BCUT2D eigenvalue weighted by Gasteiger charge is 2.41. The van der Waals surface area contributed by atoms with Crippen molar-refractivity contribution in [1.82, 2.24) is 0 Å². The number of fused-ring (bicyclic) bond motifs is 3. The molecule has 0 saturated heterocycles. The smallest absolute Gasteiger partial charge is 0.305 e. The van der Waals surface area contributed by atoms with Gasteiger partial charge in [-0.05, 0) is 44.4 Å². The van der Waals surface area contributed by atoms with Gasteiger partial charge in [0.2, 0.25) is 0 Å². The van der Waals surface area contributed by atoms with Gasteiger partial charge in [-0.15, -0.1) is 0 Å². The molecule has 80 valence electrons. The Morgan fingerprint density at radius 2 is 1.86 bits per heavy atom. The lowest BCUT2D eigenvalue weighted by molar-refractivity contribution is -0.149. The molecule has 3 aliphatic rings. The summed E-state index contributed by atoms with van der Waals surface area (Å²) in [6.45, 7) is 2.55. The molecule has 2 nitrogen and oxygen atoms in total. The highest BCUT2D eigenvalue weighted by molar-refractivity contribution is 5.68. The van der Waals surface area contributed by atoms with Gasteiger partial charge in [-0.1, -0.05) is 6.92 Å². The number of hydrogen-bond donors (Lipinski definition) is 0. The minimum Gasteiger partial charge on any atom is -0.465 e. The van der Waals surface area contributed by atoms with Crippen LogP contribution in [0.5, 0.6) is 0 Å². The summed E-state index contributed by atoms with van der Waals surface area (Å²) in [7, 11) is 0. The summed E-state index contributed by atoms with van der Waals surface area (Å²) in [4.78, 5) is 11.1. The number of rotatable bonds is 3. The molecule has 0 aromatic heterocycles. The minimum atomic E-state index is -0.0351. The zero-order valence-electron chi connectivity index (χ0n) is 9.05. The van der Waals surface area contributed by atoms with Crippen LogP contribution in [0.4, 0.5) is 0 Å². The van der Waals surface area contributed by atoms with E-state index in [2.05, 4.69) is 0 Å². The predicted molar refractivity (Wildman–Crippen MR) is 54.9 cm³/mol. The standard InChI is InChI=1S/C12H20O2/c1-2-11(13)14-9-12-6-3-10(4-7-12)5-8-12/h10H,2-9H2,1H3. The van der Waals surface area contributed by atoms with E-state index < -0.39 is 0 Å². The molecule has 0 aromatic carbocycles. The fourth-order valence-electron chi connectivity index (χ4n) is 2.89. The van der Waals surface area contributed by atoms with Crippen LogP contribution in [0.25, 0.3) is 0 Å². The van der Waals surface area contributed by atoms with Crippen LogP contribution >= 0.6 is 0 Å². The van der Waals surface area contributed by atoms with Gasteiger partial charge in [-0.2, -0.15) is 0 Å². The molecular weight excluding hydrogens is 176 g/mol. The average Bonchev–Trinajstić information content (AvgIpc) is 2.28. The Labute approximate surface area is 86.0 Å². The van der Waals surface area contributed by atoms with E-state index in [9.17, 15) is 4.79 Å². The highest BCUT2D eigenvalue weighted by Crippen LogP contribution is 2.50.